The van der Waals surface area contributed by atoms with Crippen LogP contribution in [-0.2, 0) is 6.42 Å². The Kier molecular flexibility index (Phi) is 5.31. The van der Waals surface area contributed by atoms with Gasteiger partial charge in [-0.1, -0.05) is 12.1 Å². The Hall–Kier alpha value is -1.72. The summed E-state index contributed by atoms with van der Waals surface area (Å²) >= 11 is 3.72. The monoisotopic (exact) mass is 391 g/mol. The molecule has 0 aromatic heterocycles. The summed E-state index contributed by atoms with van der Waals surface area (Å²) in [5, 5.41) is 3.54. The highest BCUT2D eigenvalue weighted by Gasteiger charge is 2.26. The highest BCUT2D eigenvalue weighted by atomic mass is 79.9. The maximum absolute atomic E-state index is 5.55. The summed E-state index contributed by atoms with van der Waals surface area (Å²) in [4.78, 5) is 0. The van der Waals surface area contributed by atoms with Gasteiger partial charge in [0.25, 0.3) is 0 Å². The Morgan fingerprint density at radius 3 is 2.42 bits per heavy atom. The summed E-state index contributed by atoms with van der Waals surface area (Å²) in [6, 6.07) is 10.4. The second-order valence-corrected chi connectivity index (χ2v) is 6.57. The lowest BCUT2D eigenvalue weighted by atomic mass is 9.87. The number of halogens is 1. The van der Waals surface area contributed by atoms with Gasteiger partial charge in [0.1, 0.15) is 5.75 Å². The van der Waals surface area contributed by atoms with E-state index in [4.69, 9.17) is 14.2 Å². The molecule has 1 aliphatic heterocycles. The quantitative estimate of drug-likeness (QED) is 0.861. The van der Waals surface area contributed by atoms with Gasteiger partial charge in [-0.3, -0.25) is 0 Å². The SMILES string of the molecule is COc1ccc(C2CNCCc3c2cc(OC)c(OC)c3Br)cc1. The van der Waals surface area contributed by atoms with E-state index in [2.05, 4.69) is 39.4 Å². The van der Waals surface area contributed by atoms with E-state index in [-0.39, 0.29) is 5.92 Å². The number of benzene rings is 2. The van der Waals surface area contributed by atoms with Crippen molar-refractivity contribution in [3.05, 3.63) is 51.5 Å². The van der Waals surface area contributed by atoms with Gasteiger partial charge in [0.15, 0.2) is 11.5 Å². The second kappa shape index (κ2) is 7.45. The zero-order valence-electron chi connectivity index (χ0n) is 14.2. The molecule has 24 heavy (non-hydrogen) atoms. The fourth-order valence-electron chi connectivity index (χ4n) is 3.28. The fraction of sp³-hybridized carbons (Fsp3) is 0.368. The van der Waals surface area contributed by atoms with Crippen LogP contribution in [0.5, 0.6) is 17.2 Å². The third kappa shape index (κ3) is 3.10. The Morgan fingerprint density at radius 1 is 1.04 bits per heavy atom. The third-order valence-electron chi connectivity index (χ3n) is 4.54. The minimum atomic E-state index is 0.254. The maximum atomic E-state index is 5.55. The predicted molar refractivity (Wildman–Crippen MR) is 98.7 cm³/mol. The van der Waals surface area contributed by atoms with E-state index in [1.807, 2.05) is 12.1 Å². The fourth-order valence-corrected chi connectivity index (χ4v) is 4.06. The molecule has 0 radical (unpaired) electrons. The number of hydrogen-bond acceptors (Lipinski definition) is 4. The lowest BCUT2D eigenvalue weighted by Crippen LogP contribution is -2.20. The van der Waals surface area contributed by atoms with Crippen molar-refractivity contribution in [1.29, 1.82) is 0 Å². The van der Waals surface area contributed by atoms with Crippen molar-refractivity contribution in [2.75, 3.05) is 34.4 Å². The topological polar surface area (TPSA) is 39.7 Å². The molecule has 1 N–H and O–H groups in total. The molecule has 0 bridgehead atoms. The Bertz CT molecular complexity index is 716. The summed E-state index contributed by atoms with van der Waals surface area (Å²) in [6.45, 7) is 1.83. The summed E-state index contributed by atoms with van der Waals surface area (Å²) in [5.41, 5.74) is 3.80. The smallest absolute Gasteiger partial charge is 0.175 e. The van der Waals surface area contributed by atoms with Gasteiger partial charge < -0.3 is 19.5 Å². The van der Waals surface area contributed by atoms with E-state index in [0.717, 1.165) is 41.2 Å². The van der Waals surface area contributed by atoms with Crippen LogP contribution < -0.4 is 19.5 Å². The standard InChI is InChI=1S/C19H22BrNO3/c1-22-13-6-4-12(5-7-13)16-11-21-9-8-14-15(16)10-17(23-2)19(24-3)18(14)20/h4-7,10,16,21H,8-9,11H2,1-3H3. The molecule has 2 aromatic rings. The van der Waals surface area contributed by atoms with Crippen LogP contribution in [0.1, 0.15) is 22.6 Å². The largest absolute Gasteiger partial charge is 0.497 e. The van der Waals surface area contributed by atoms with Crippen LogP contribution in [0.15, 0.2) is 34.8 Å². The first-order valence-corrected chi connectivity index (χ1v) is 8.76. The van der Waals surface area contributed by atoms with Crippen LogP contribution in [-0.4, -0.2) is 34.4 Å². The van der Waals surface area contributed by atoms with Gasteiger partial charge >= 0.3 is 0 Å². The van der Waals surface area contributed by atoms with Crippen molar-refractivity contribution in [3.8, 4) is 17.2 Å². The molecule has 1 atom stereocenters. The molecule has 128 valence electrons. The minimum Gasteiger partial charge on any atom is -0.497 e. The van der Waals surface area contributed by atoms with E-state index >= 15 is 0 Å². The zero-order valence-corrected chi connectivity index (χ0v) is 15.8. The predicted octanol–water partition coefficient (Wildman–Crippen LogP) is 3.75. The van der Waals surface area contributed by atoms with Crippen molar-refractivity contribution in [3.63, 3.8) is 0 Å². The van der Waals surface area contributed by atoms with Crippen LogP contribution in [0.25, 0.3) is 0 Å². The van der Waals surface area contributed by atoms with Crippen molar-refractivity contribution in [2.24, 2.45) is 0 Å². The molecule has 0 saturated carbocycles. The van der Waals surface area contributed by atoms with Crippen molar-refractivity contribution in [2.45, 2.75) is 12.3 Å². The average molecular weight is 392 g/mol. The summed E-state index contributed by atoms with van der Waals surface area (Å²) in [6.07, 6.45) is 0.947. The van der Waals surface area contributed by atoms with Gasteiger partial charge in [-0.05, 0) is 63.8 Å². The van der Waals surface area contributed by atoms with E-state index in [0.29, 0.717) is 0 Å². The molecule has 2 aromatic carbocycles. The number of nitrogens with one attached hydrogen (secondary N) is 1. The molecule has 4 nitrogen and oxygen atoms in total. The van der Waals surface area contributed by atoms with E-state index in [1.165, 1.54) is 16.7 Å². The van der Waals surface area contributed by atoms with Crippen LogP contribution in [0.4, 0.5) is 0 Å². The third-order valence-corrected chi connectivity index (χ3v) is 5.38. The summed E-state index contributed by atoms with van der Waals surface area (Å²) < 4.78 is 17.4. The zero-order chi connectivity index (χ0) is 17.1. The molecule has 0 fully saturated rings. The summed E-state index contributed by atoms with van der Waals surface area (Å²) in [7, 11) is 5.03. The molecule has 5 heteroatoms. The first kappa shape index (κ1) is 17.1. The van der Waals surface area contributed by atoms with E-state index in [1.54, 1.807) is 21.3 Å². The molecule has 1 unspecified atom stereocenters. The van der Waals surface area contributed by atoms with Crippen molar-refractivity contribution < 1.29 is 14.2 Å². The van der Waals surface area contributed by atoms with E-state index in [9.17, 15) is 0 Å². The van der Waals surface area contributed by atoms with Gasteiger partial charge in [-0.15, -0.1) is 0 Å². The molecular formula is C19H22BrNO3. The lowest BCUT2D eigenvalue weighted by molar-refractivity contribution is 0.352. The Labute approximate surface area is 151 Å². The molecule has 0 aliphatic carbocycles. The highest BCUT2D eigenvalue weighted by molar-refractivity contribution is 9.10. The molecule has 0 saturated heterocycles. The number of ether oxygens (including phenoxy) is 3. The average Bonchev–Trinajstić information content (AvgIpc) is 2.84. The normalized spacial score (nSPS) is 16.9. The number of rotatable bonds is 4. The Balaban J connectivity index is 2.12. The number of hydrogen-bond donors (Lipinski definition) is 1. The molecule has 0 amide bonds. The Morgan fingerprint density at radius 2 is 1.79 bits per heavy atom. The first-order valence-electron chi connectivity index (χ1n) is 7.97. The van der Waals surface area contributed by atoms with Gasteiger partial charge in [0.05, 0.1) is 25.8 Å². The number of methoxy groups -OCH3 is 3. The highest BCUT2D eigenvalue weighted by Crippen LogP contribution is 2.44. The molecule has 0 spiro atoms. The van der Waals surface area contributed by atoms with Crippen LogP contribution in [0, 0.1) is 0 Å². The maximum Gasteiger partial charge on any atom is 0.175 e. The van der Waals surface area contributed by atoms with Crippen LogP contribution in [0.2, 0.25) is 0 Å². The van der Waals surface area contributed by atoms with Crippen molar-refractivity contribution in [1.82, 2.24) is 5.32 Å². The number of fused-ring (bicyclic) bond motifs is 1. The van der Waals surface area contributed by atoms with Crippen LogP contribution >= 0.6 is 15.9 Å². The van der Waals surface area contributed by atoms with Gasteiger partial charge in [-0.2, -0.15) is 0 Å². The van der Waals surface area contributed by atoms with Gasteiger partial charge in [0, 0.05) is 12.5 Å². The molecule has 3 rings (SSSR count). The van der Waals surface area contributed by atoms with Gasteiger partial charge in [0.2, 0.25) is 0 Å². The first-order chi connectivity index (χ1) is 11.7. The second-order valence-electron chi connectivity index (χ2n) is 5.77. The molecular weight excluding hydrogens is 370 g/mol. The lowest BCUT2D eigenvalue weighted by Gasteiger charge is -2.22. The van der Waals surface area contributed by atoms with Gasteiger partial charge in [-0.25, -0.2) is 0 Å². The summed E-state index contributed by atoms with van der Waals surface area (Å²) in [5.74, 6) is 2.63. The molecule has 1 aliphatic rings. The molecule has 1 heterocycles. The van der Waals surface area contributed by atoms with Crippen LogP contribution in [0.3, 0.4) is 0 Å². The minimum absolute atomic E-state index is 0.254. The van der Waals surface area contributed by atoms with Crippen molar-refractivity contribution >= 4 is 15.9 Å². The van der Waals surface area contributed by atoms with E-state index < -0.39 is 0 Å².